The van der Waals surface area contributed by atoms with Gasteiger partial charge in [0.25, 0.3) is 0 Å². The van der Waals surface area contributed by atoms with Crippen molar-refractivity contribution >= 4 is 28.9 Å². The number of rotatable bonds is 5. The minimum absolute atomic E-state index is 0.488. The molecule has 2 aromatic carbocycles. The number of nitrogens with two attached hydrogens (primary N) is 1. The van der Waals surface area contributed by atoms with Gasteiger partial charge in [-0.2, -0.15) is 0 Å². The van der Waals surface area contributed by atoms with Crippen molar-refractivity contribution in [3.63, 3.8) is 0 Å². The third-order valence-electron chi connectivity index (χ3n) is 2.57. The average molecular weight is 312 g/mol. The van der Waals surface area contributed by atoms with E-state index in [-0.39, 0.29) is 0 Å². The Labute approximate surface area is 128 Å². The van der Waals surface area contributed by atoms with Gasteiger partial charge in [0, 0.05) is 17.2 Å². The van der Waals surface area contributed by atoms with Crippen molar-refractivity contribution in [2.24, 2.45) is 0 Å². The highest BCUT2D eigenvalue weighted by Crippen LogP contribution is 2.34. The first-order valence-electron chi connectivity index (χ1n) is 6.25. The summed E-state index contributed by atoms with van der Waals surface area (Å²) < 4.78 is 11.3. The number of anilines is 1. The summed E-state index contributed by atoms with van der Waals surface area (Å²) in [6.07, 6.45) is 0.907. The van der Waals surface area contributed by atoms with Gasteiger partial charge in [0.05, 0.1) is 17.3 Å². The summed E-state index contributed by atoms with van der Waals surface area (Å²) in [4.78, 5) is 0. The molecule has 0 amide bonds. The summed E-state index contributed by atoms with van der Waals surface area (Å²) in [5.74, 6) is 1.68. The van der Waals surface area contributed by atoms with Crippen LogP contribution >= 0.6 is 23.2 Å². The quantitative estimate of drug-likeness (QED) is 0.776. The molecule has 0 fully saturated rings. The summed E-state index contributed by atoms with van der Waals surface area (Å²) in [6, 6.07) is 10.3. The number of ether oxygens (including phenoxy) is 2. The molecule has 0 saturated heterocycles. The molecule has 0 spiro atoms. The van der Waals surface area contributed by atoms with Gasteiger partial charge in [-0.05, 0) is 30.7 Å². The van der Waals surface area contributed by atoms with Crippen molar-refractivity contribution < 1.29 is 9.47 Å². The Kier molecular flexibility index (Phi) is 4.99. The second-order valence-corrected chi connectivity index (χ2v) is 5.07. The van der Waals surface area contributed by atoms with E-state index in [9.17, 15) is 0 Å². The topological polar surface area (TPSA) is 44.5 Å². The average Bonchev–Trinajstić information content (AvgIpc) is 2.43. The van der Waals surface area contributed by atoms with Crippen molar-refractivity contribution in [2.45, 2.75) is 13.3 Å². The molecule has 2 rings (SSSR count). The normalized spacial score (nSPS) is 10.3. The van der Waals surface area contributed by atoms with Crippen molar-refractivity contribution in [2.75, 3.05) is 12.3 Å². The van der Waals surface area contributed by atoms with Crippen LogP contribution in [0.2, 0.25) is 10.0 Å². The van der Waals surface area contributed by atoms with E-state index >= 15 is 0 Å². The molecule has 0 bridgehead atoms. The maximum atomic E-state index is 6.06. The number of hydrogen-bond donors (Lipinski definition) is 1. The Morgan fingerprint density at radius 2 is 1.85 bits per heavy atom. The number of halogens is 2. The summed E-state index contributed by atoms with van der Waals surface area (Å²) >= 11 is 12.0. The Hall–Kier alpha value is -1.58. The molecule has 5 heteroatoms. The fourth-order valence-electron chi connectivity index (χ4n) is 1.60. The van der Waals surface area contributed by atoms with E-state index in [4.69, 9.17) is 38.4 Å². The van der Waals surface area contributed by atoms with E-state index in [0.717, 1.165) is 6.42 Å². The molecule has 3 nitrogen and oxygen atoms in total. The molecular formula is C15H15Cl2NO2. The third-order valence-corrected chi connectivity index (χ3v) is 3.12. The van der Waals surface area contributed by atoms with Crippen LogP contribution in [-0.4, -0.2) is 6.61 Å². The maximum Gasteiger partial charge on any atom is 0.147 e. The molecule has 0 aromatic heterocycles. The van der Waals surface area contributed by atoms with Gasteiger partial charge < -0.3 is 15.2 Å². The molecule has 0 aliphatic heterocycles. The first-order chi connectivity index (χ1) is 9.60. The minimum Gasteiger partial charge on any atom is -0.491 e. The maximum absolute atomic E-state index is 6.06. The lowest BCUT2D eigenvalue weighted by Crippen LogP contribution is -1.99. The van der Waals surface area contributed by atoms with E-state index in [2.05, 4.69) is 0 Å². The van der Waals surface area contributed by atoms with Gasteiger partial charge in [-0.1, -0.05) is 30.1 Å². The standard InChI is InChI=1S/C15H15Cl2NO2/c1-2-7-19-15-9-11(4-6-13(15)18)20-14-8-10(16)3-5-12(14)17/h3-6,8-9H,2,7,18H2,1H3. The van der Waals surface area contributed by atoms with Gasteiger partial charge in [-0.3, -0.25) is 0 Å². The van der Waals surface area contributed by atoms with Crippen LogP contribution in [0, 0.1) is 0 Å². The van der Waals surface area contributed by atoms with Gasteiger partial charge >= 0.3 is 0 Å². The molecule has 20 heavy (non-hydrogen) atoms. The van der Waals surface area contributed by atoms with E-state index in [1.54, 1.807) is 36.4 Å². The second-order valence-electron chi connectivity index (χ2n) is 4.22. The zero-order chi connectivity index (χ0) is 14.5. The smallest absolute Gasteiger partial charge is 0.147 e. The highest BCUT2D eigenvalue weighted by atomic mass is 35.5. The van der Waals surface area contributed by atoms with E-state index < -0.39 is 0 Å². The number of nitrogen functional groups attached to an aromatic ring is 1. The van der Waals surface area contributed by atoms with Crippen molar-refractivity contribution in [3.05, 3.63) is 46.4 Å². The van der Waals surface area contributed by atoms with Gasteiger partial charge in [0.2, 0.25) is 0 Å². The summed E-state index contributed by atoms with van der Waals surface area (Å²) in [5, 5.41) is 1.05. The number of hydrogen-bond acceptors (Lipinski definition) is 3. The van der Waals surface area contributed by atoms with Gasteiger partial charge in [0.1, 0.15) is 17.2 Å². The predicted molar refractivity (Wildman–Crippen MR) is 83.2 cm³/mol. The first-order valence-corrected chi connectivity index (χ1v) is 7.01. The minimum atomic E-state index is 0.488. The summed E-state index contributed by atoms with van der Waals surface area (Å²) in [6.45, 7) is 2.63. The zero-order valence-corrected chi connectivity index (χ0v) is 12.5. The van der Waals surface area contributed by atoms with Crippen molar-refractivity contribution in [1.29, 1.82) is 0 Å². The molecule has 0 atom stereocenters. The fourth-order valence-corrected chi connectivity index (χ4v) is 1.92. The van der Waals surface area contributed by atoms with Crippen LogP contribution < -0.4 is 15.2 Å². The number of benzene rings is 2. The lowest BCUT2D eigenvalue weighted by molar-refractivity contribution is 0.317. The van der Waals surface area contributed by atoms with Crippen LogP contribution in [0.3, 0.4) is 0 Å². The Morgan fingerprint density at radius 1 is 1.05 bits per heavy atom. The lowest BCUT2D eigenvalue weighted by atomic mass is 10.2. The van der Waals surface area contributed by atoms with Crippen LogP contribution in [0.25, 0.3) is 0 Å². The van der Waals surface area contributed by atoms with Crippen LogP contribution in [0.1, 0.15) is 13.3 Å². The predicted octanol–water partition coefficient (Wildman–Crippen LogP) is 5.16. The fraction of sp³-hybridized carbons (Fsp3) is 0.200. The highest BCUT2D eigenvalue weighted by molar-refractivity contribution is 6.34. The SMILES string of the molecule is CCCOc1cc(Oc2cc(Cl)ccc2Cl)ccc1N. The van der Waals surface area contributed by atoms with Gasteiger partial charge in [-0.25, -0.2) is 0 Å². The highest BCUT2D eigenvalue weighted by Gasteiger charge is 2.07. The molecule has 106 valence electrons. The lowest BCUT2D eigenvalue weighted by Gasteiger charge is -2.12. The molecule has 2 aromatic rings. The largest absolute Gasteiger partial charge is 0.491 e. The molecule has 0 radical (unpaired) electrons. The van der Waals surface area contributed by atoms with E-state index in [0.29, 0.717) is 39.6 Å². The zero-order valence-electron chi connectivity index (χ0n) is 11.0. The molecule has 0 heterocycles. The second kappa shape index (κ2) is 6.73. The van der Waals surface area contributed by atoms with Crippen LogP contribution in [-0.2, 0) is 0 Å². The van der Waals surface area contributed by atoms with Crippen LogP contribution in [0.5, 0.6) is 17.2 Å². The third kappa shape index (κ3) is 3.71. The first kappa shape index (κ1) is 14.8. The summed E-state index contributed by atoms with van der Waals surface area (Å²) in [5.41, 5.74) is 6.42. The van der Waals surface area contributed by atoms with Crippen LogP contribution in [0.4, 0.5) is 5.69 Å². The molecular weight excluding hydrogens is 297 g/mol. The van der Waals surface area contributed by atoms with Gasteiger partial charge in [-0.15, -0.1) is 0 Å². The molecule has 0 aliphatic carbocycles. The Balaban J connectivity index is 2.22. The molecule has 0 aliphatic rings. The van der Waals surface area contributed by atoms with E-state index in [1.165, 1.54) is 0 Å². The van der Waals surface area contributed by atoms with Gasteiger partial charge in [0.15, 0.2) is 0 Å². The van der Waals surface area contributed by atoms with E-state index in [1.807, 2.05) is 6.92 Å². The van der Waals surface area contributed by atoms with Crippen LogP contribution in [0.15, 0.2) is 36.4 Å². The Morgan fingerprint density at radius 3 is 2.60 bits per heavy atom. The van der Waals surface area contributed by atoms with Crippen molar-refractivity contribution in [1.82, 2.24) is 0 Å². The Bertz CT molecular complexity index is 602. The summed E-state index contributed by atoms with van der Waals surface area (Å²) in [7, 11) is 0. The van der Waals surface area contributed by atoms with Crippen molar-refractivity contribution in [3.8, 4) is 17.2 Å². The molecule has 0 saturated carbocycles. The molecule has 0 unspecified atom stereocenters. The monoisotopic (exact) mass is 311 g/mol. The molecule has 2 N–H and O–H groups in total.